The summed E-state index contributed by atoms with van der Waals surface area (Å²) >= 11 is 0. The summed E-state index contributed by atoms with van der Waals surface area (Å²) in [7, 11) is 1.58. The number of rotatable bonds is 8. The van der Waals surface area contributed by atoms with Crippen molar-refractivity contribution in [3.63, 3.8) is 0 Å². The number of aromatic nitrogens is 1. The monoisotopic (exact) mass is 561 g/mol. The van der Waals surface area contributed by atoms with E-state index >= 15 is 0 Å². The Morgan fingerprint density at radius 3 is 2.51 bits per heavy atom. The van der Waals surface area contributed by atoms with E-state index < -0.39 is 23.8 Å². The highest BCUT2D eigenvalue weighted by Crippen LogP contribution is 2.22. The van der Waals surface area contributed by atoms with Crippen molar-refractivity contribution in [2.75, 3.05) is 19.4 Å². The van der Waals surface area contributed by atoms with Gasteiger partial charge in [-0.25, -0.2) is 9.78 Å². The Balaban J connectivity index is 1.49. The lowest BCUT2D eigenvalue weighted by Gasteiger charge is -2.37. The molecule has 218 valence electrons. The number of alkyl carbamates (subject to hydrolysis) is 1. The van der Waals surface area contributed by atoms with Gasteiger partial charge in [-0.2, -0.15) is 0 Å². The van der Waals surface area contributed by atoms with Gasteiger partial charge in [-0.15, -0.1) is 0 Å². The molecule has 1 aromatic heterocycles. The molecule has 1 saturated heterocycles. The van der Waals surface area contributed by atoms with E-state index in [9.17, 15) is 14.4 Å². The van der Waals surface area contributed by atoms with Gasteiger partial charge in [0.15, 0.2) is 0 Å². The summed E-state index contributed by atoms with van der Waals surface area (Å²) in [5.74, 6) is 0.600. The lowest BCUT2D eigenvalue weighted by Crippen LogP contribution is -2.58. The zero-order valence-electron chi connectivity index (χ0n) is 24.1. The van der Waals surface area contributed by atoms with Gasteiger partial charge in [0.25, 0.3) is 0 Å². The topological polar surface area (TPSA) is 136 Å². The van der Waals surface area contributed by atoms with Crippen molar-refractivity contribution >= 4 is 34.5 Å². The second-order valence-corrected chi connectivity index (χ2v) is 11.3. The minimum absolute atomic E-state index is 0.229. The van der Waals surface area contributed by atoms with Crippen molar-refractivity contribution in [1.29, 1.82) is 0 Å². The molecule has 1 aliphatic heterocycles. The second kappa shape index (κ2) is 12.9. The second-order valence-electron chi connectivity index (χ2n) is 11.3. The fourth-order valence-corrected chi connectivity index (χ4v) is 4.98. The number of nitrogen functional groups attached to an aromatic ring is 1. The SMILES string of the molecule is COc1ccc(CC(NC(=O)OC(C)(C)C)C(=O)N2CCCCC2C(=O)NCc2ccc3c(N)nccc3c2)cc1. The van der Waals surface area contributed by atoms with Crippen LogP contribution in [-0.2, 0) is 27.3 Å². The number of hydrogen-bond donors (Lipinski definition) is 3. The van der Waals surface area contributed by atoms with Gasteiger partial charge in [-0.05, 0) is 80.8 Å². The van der Waals surface area contributed by atoms with Crippen LogP contribution in [0.4, 0.5) is 10.6 Å². The Bertz CT molecular complexity index is 1390. The number of nitrogens with zero attached hydrogens (tertiary/aromatic N) is 2. The molecule has 0 saturated carbocycles. The first kappa shape index (κ1) is 29.6. The Morgan fingerprint density at radius 1 is 1.07 bits per heavy atom. The Kier molecular flexibility index (Phi) is 9.31. The molecule has 2 unspecified atom stereocenters. The van der Waals surface area contributed by atoms with Gasteiger partial charge in [0, 0.05) is 31.1 Å². The highest BCUT2D eigenvalue weighted by Gasteiger charge is 2.36. The average molecular weight is 562 g/mol. The molecule has 1 aliphatic rings. The van der Waals surface area contributed by atoms with Gasteiger partial charge in [0.1, 0.15) is 29.3 Å². The molecule has 2 aromatic carbocycles. The molecule has 3 amide bonds. The molecule has 4 N–H and O–H groups in total. The molecule has 3 aromatic rings. The number of piperidine rings is 1. The normalized spacial score (nSPS) is 16.1. The van der Waals surface area contributed by atoms with E-state index in [1.54, 1.807) is 51.1 Å². The molecule has 0 bridgehead atoms. The molecular formula is C31H39N5O5. The van der Waals surface area contributed by atoms with Crippen LogP contribution in [0.5, 0.6) is 5.75 Å². The van der Waals surface area contributed by atoms with Crippen LogP contribution in [0.2, 0.25) is 0 Å². The third-order valence-electron chi connectivity index (χ3n) is 7.00. The van der Waals surface area contributed by atoms with Gasteiger partial charge in [0.2, 0.25) is 11.8 Å². The molecule has 41 heavy (non-hydrogen) atoms. The van der Waals surface area contributed by atoms with Gasteiger partial charge in [-0.3, -0.25) is 9.59 Å². The summed E-state index contributed by atoms with van der Waals surface area (Å²) < 4.78 is 10.7. The van der Waals surface area contributed by atoms with Crippen LogP contribution in [0.1, 0.15) is 51.2 Å². The van der Waals surface area contributed by atoms with Gasteiger partial charge < -0.3 is 30.7 Å². The number of pyridine rings is 1. The van der Waals surface area contributed by atoms with Crippen molar-refractivity contribution in [1.82, 2.24) is 20.5 Å². The number of benzene rings is 2. The number of nitrogens with one attached hydrogen (secondary N) is 2. The van der Waals surface area contributed by atoms with E-state index in [1.165, 1.54) is 0 Å². The van der Waals surface area contributed by atoms with Gasteiger partial charge in [0.05, 0.1) is 7.11 Å². The third-order valence-corrected chi connectivity index (χ3v) is 7.00. The largest absolute Gasteiger partial charge is 0.497 e. The summed E-state index contributed by atoms with van der Waals surface area (Å²) in [6.45, 7) is 6.02. The van der Waals surface area contributed by atoms with Crippen LogP contribution in [0.15, 0.2) is 54.7 Å². The van der Waals surface area contributed by atoms with Crippen LogP contribution in [0.3, 0.4) is 0 Å². The van der Waals surface area contributed by atoms with Crippen LogP contribution in [0, 0.1) is 0 Å². The number of anilines is 1. The number of amides is 3. The van der Waals surface area contributed by atoms with E-state index in [2.05, 4.69) is 15.6 Å². The number of methoxy groups -OCH3 is 1. The molecule has 4 rings (SSSR count). The number of ether oxygens (including phenoxy) is 2. The maximum atomic E-state index is 13.9. The third kappa shape index (κ3) is 7.87. The standard InChI is InChI=1S/C31H39N5O5/c1-31(2,3)41-30(39)35-25(18-20-8-11-23(40-4)12-9-20)29(38)36-16-6-5-7-26(36)28(37)34-19-21-10-13-24-22(17-21)14-15-33-27(24)32/h8-15,17,25-26H,5-7,16,18-19H2,1-4H3,(H2,32,33)(H,34,37)(H,35,39). The van der Waals surface area contributed by atoms with Crippen LogP contribution in [-0.4, -0.2) is 59.1 Å². The fourth-order valence-electron chi connectivity index (χ4n) is 4.98. The van der Waals surface area contributed by atoms with Crippen LogP contribution in [0.25, 0.3) is 10.8 Å². The van der Waals surface area contributed by atoms with Crippen molar-refractivity contribution in [3.8, 4) is 5.75 Å². The highest BCUT2D eigenvalue weighted by molar-refractivity contribution is 5.92. The van der Waals surface area contributed by atoms with E-state index in [0.29, 0.717) is 31.1 Å². The molecule has 2 heterocycles. The molecule has 0 spiro atoms. The van der Waals surface area contributed by atoms with Crippen molar-refractivity contribution in [3.05, 3.63) is 65.9 Å². The van der Waals surface area contributed by atoms with Crippen LogP contribution >= 0.6 is 0 Å². The van der Waals surface area contributed by atoms with Crippen molar-refractivity contribution < 1.29 is 23.9 Å². The summed E-state index contributed by atoms with van der Waals surface area (Å²) in [5.41, 5.74) is 6.98. The minimum atomic E-state index is -0.911. The Labute approximate surface area is 240 Å². The van der Waals surface area contributed by atoms with Crippen molar-refractivity contribution in [2.45, 2.75) is 70.7 Å². The Morgan fingerprint density at radius 2 is 1.80 bits per heavy atom. The molecule has 10 nitrogen and oxygen atoms in total. The maximum absolute atomic E-state index is 13.9. The van der Waals surface area contributed by atoms with E-state index in [4.69, 9.17) is 15.2 Å². The van der Waals surface area contributed by atoms with Crippen molar-refractivity contribution in [2.24, 2.45) is 0 Å². The predicted octanol–water partition coefficient (Wildman–Crippen LogP) is 3.96. The number of carbonyl (C=O) groups is 3. The number of nitrogens with two attached hydrogens (primary N) is 1. The lowest BCUT2D eigenvalue weighted by atomic mass is 9.98. The Hall–Kier alpha value is -4.34. The smallest absolute Gasteiger partial charge is 0.408 e. The zero-order chi connectivity index (χ0) is 29.6. The average Bonchev–Trinajstić information content (AvgIpc) is 2.94. The highest BCUT2D eigenvalue weighted by atomic mass is 16.6. The lowest BCUT2D eigenvalue weighted by molar-refractivity contribution is -0.143. The first-order valence-corrected chi connectivity index (χ1v) is 13.9. The number of carbonyl (C=O) groups excluding carboxylic acids is 3. The molecule has 2 atom stereocenters. The van der Waals surface area contributed by atoms with E-state index in [-0.39, 0.29) is 18.2 Å². The number of hydrogen-bond acceptors (Lipinski definition) is 7. The maximum Gasteiger partial charge on any atom is 0.408 e. The molecule has 10 heteroatoms. The molecular weight excluding hydrogens is 522 g/mol. The molecule has 0 aliphatic carbocycles. The minimum Gasteiger partial charge on any atom is -0.497 e. The number of fused-ring (bicyclic) bond motifs is 1. The van der Waals surface area contributed by atoms with Gasteiger partial charge in [-0.1, -0.05) is 24.3 Å². The molecule has 0 radical (unpaired) electrons. The molecule has 1 fully saturated rings. The predicted molar refractivity (Wildman–Crippen MR) is 157 cm³/mol. The summed E-state index contributed by atoms with van der Waals surface area (Å²) in [6.07, 6.45) is 3.35. The first-order chi connectivity index (χ1) is 19.5. The van der Waals surface area contributed by atoms with Gasteiger partial charge >= 0.3 is 6.09 Å². The zero-order valence-corrected chi connectivity index (χ0v) is 24.1. The first-order valence-electron chi connectivity index (χ1n) is 13.9. The summed E-state index contributed by atoms with van der Waals surface area (Å²) in [6, 6.07) is 13.4. The summed E-state index contributed by atoms with van der Waals surface area (Å²) in [4.78, 5) is 45.8. The van der Waals surface area contributed by atoms with Crippen LogP contribution < -0.4 is 21.1 Å². The quantitative estimate of drug-likeness (QED) is 0.379. The fraction of sp³-hybridized carbons (Fsp3) is 0.419. The number of likely N-dealkylation sites (tertiary alicyclic amines) is 1. The van der Waals surface area contributed by atoms with E-state index in [1.807, 2.05) is 36.4 Å². The van der Waals surface area contributed by atoms with E-state index in [0.717, 1.165) is 34.7 Å². The summed E-state index contributed by atoms with van der Waals surface area (Å²) in [5, 5.41) is 7.55.